The first-order chi connectivity index (χ1) is 5.16. The van der Waals surface area contributed by atoms with Crippen molar-refractivity contribution in [2.45, 2.75) is 6.42 Å². The molecule has 1 aromatic rings. The van der Waals surface area contributed by atoms with Gasteiger partial charge in [0.15, 0.2) is 0 Å². The molecule has 1 radical (unpaired) electrons. The minimum absolute atomic E-state index is 0.778. The lowest BCUT2D eigenvalue weighted by Crippen LogP contribution is -1.85. The second kappa shape index (κ2) is 4.06. The molecular weight excluding hydrogens is 336 g/mol. The van der Waals surface area contributed by atoms with Crippen molar-refractivity contribution in [3.63, 3.8) is 0 Å². The third-order valence-electron chi connectivity index (χ3n) is 1.39. The second-order valence-corrected chi connectivity index (χ2v) is 4.57. The summed E-state index contributed by atoms with van der Waals surface area (Å²) in [7, 11) is 0. The van der Waals surface area contributed by atoms with Crippen LogP contribution in [0.4, 0.5) is 0 Å². The molecule has 3 heteroatoms. The van der Waals surface area contributed by atoms with Gasteiger partial charge in [0.1, 0.15) is 0 Å². The standard InChI is InChI=1S/C8H6Br3/c1-2-5-6(9)3-4-7(10)8(5)11/h3-4H,1-2H2. The maximum absolute atomic E-state index is 3.84. The largest absolute Gasteiger partial charge is 0.0505 e. The van der Waals surface area contributed by atoms with Crippen molar-refractivity contribution in [1.29, 1.82) is 0 Å². The summed E-state index contributed by atoms with van der Waals surface area (Å²) in [5.74, 6) is 0. The molecule has 0 saturated carbocycles. The fourth-order valence-electron chi connectivity index (χ4n) is 0.798. The molecule has 0 aliphatic carbocycles. The molecule has 0 heterocycles. The van der Waals surface area contributed by atoms with Crippen LogP contribution in [-0.4, -0.2) is 0 Å². The smallest absolute Gasteiger partial charge is 0.0360 e. The Hall–Kier alpha value is 0.660. The maximum atomic E-state index is 3.84. The van der Waals surface area contributed by atoms with Crippen molar-refractivity contribution < 1.29 is 0 Å². The molecule has 0 atom stereocenters. The van der Waals surface area contributed by atoms with Crippen molar-refractivity contribution in [2.24, 2.45) is 0 Å². The van der Waals surface area contributed by atoms with Crippen molar-refractivity contribution in [3.8, 4) is 0 Å². The van der Waals surface area contributed by atoms with Gasteiger partial charge in [0, 0.05) is 13.4 Å². The first kappa shape index (κ1) is 9.75. The fourth-order valence-corrected chi connectivity index (χ4v) is 2.51. The Kier molecular flexibility index (Phi) is 3.59. The molecule has 0 aliphatic rings. The van der Waals surface area contributed by atoms with Crippen LogP contribution in [0, 0.1) is 6.92 Å². The zero-order valence-corrected chi connectivity index (χ0v) is 10.5. The molecule has 11 heavy (non-hydrogen) atoms. The van der Waals surface area contributed by atoms with Crippen LogP contribution in [0.3, 0.4) is 0 Å². The van der Waals surface area contributed by atoms with Gasteiger partial charge in [0.2, 0.25) is 0 Å². The van der Waals surface area contributed by atoms with Crippen LogP contribution in [0.1, 0.15) is 5.56 Å². The van der Waals surface area contributed by atoms with Crippen LogP contribution in [-0.2, 0) is 6.42 Å². The van der Waals surface area contributed by atoms with Gasteiger partial charge in [-0.25, -0.2) is 0 Å². The molecule has 0 amide bonds. The van der Waals surface area contributed by atoms with Gasteiger partial charge < -0.3 is 0 Å². The van der Waals surface area contributed by atoms with Gasteiger partial charge in [-0.05, 0) is 62.9 Å². The number of benzene rings is 1. The van der Waals surface area contributed by atoms with E-state index in [1.807, 2.05) is 12.1 Å². The summed E-state index contributed by atoms with van der Waals surface area (Å²) in [6.07, 6.45) is 0.778. The molecule has 0 nitrogen and oxygen atoms in total. The molecule has 0 N–H and O–H groups in total. The van der Waals surface area contributed by atoms with Gasteiger partial charge in [0.05, 0.1) is 0 Å². The predicted molar refractivity (Wildman–Crippen MR) is 58.6 cm³/mol. The van der Waals surface area contributed by atoms with E-state index in [4.69, 9.17) is 0 Å². The topological polar surface area (TPSA) is 0 Å². The first-order valence-corrected chi connectivity index (χ1v) is 5.46. The Morgan fingerprint density at radius 3 is 2.09 bits per heavy atom. The molecule has 0 aromatic heterocycles. The van der Waals surface area contributed by atoms with Crippen LogP contribution in [0.2, 0.25) is 0 Å². The Morgan fingerprint density at radius 1 is 1.09 bits per heavy atom. The third kappa shape index (κ3) is 2.07. The first-order valence-electron chi connectivity index (χ1n) is 3.08. The third-order valence-corrected chi connectivity index (χ3v) is 4.23. The Morgan fingerprint density at radius 2 is 1.64 bits per heavy atom. The van der Waals surface area contributed by atoms with Crippen molar-refractivity contribution in [1.82, 2.24) is 0 Å². The summed E-state index contributed by atoms with van der Waals surface area (Å²) in [6.45, 7) is 3.84. The summed E-state index contributed by atoms with van der Waals surface area (Å²) < 4.78 is 3.25. The molecular formula is C8H6Br3. The molecule has 0 aliphatic heterocycles. The van der Waals surface area contributed by atoms with E-state index >= 15 is 0 Å². The van der Waals surface area contributed by atoms with E-state index in [1.54, 1.807) is 0 Å². The lowest BCUT2D eigenvalue weighted by Gasteiger charge is -2.05. The van der Waals surface area contributed by atoms with E-state index in [0.29, 0.717) is 0 Å². The van der Waals surface area contributed by atoms with E-state index in [9.17, 15) is 0 Å². The summed E-state index contributed by atoms with van der Waals surface area (Å²) in [5, 5.41) is 0. The van der Waals surface area contributed by atoms with Crippen molar-refractivity contribution in [2.75, 3.05) is 0 Å². The van der Waals surface area contributed by atoms with E-state index in [0.717, 1.165) is 19.8 Å². The molecule has 59 valence electrons. The lowest BCUT2D eigenvalue weighted by molar-refractivity contribution is 1.22. The van der Waals surface area contributed by atoms with Crippen LogP contribution >= 0.6 is 47.8 Å². The monoisotopic (exact) mass is 339 g/mol. The summed E-state index contributed by atoms with van der Waals surface area (Å²) in [6, 6.07) is 4.00. The van der Waals surface area contributed by atoms with Crippen LogP contribution in [0.25, 0.3) is 0 Å². The normalized spacial score (nSPS) is 10.2. The molecule has 0 fully saturated rings. The summed E-state index contributed by atoms with van der Waals surface area (Å²) >= 11 is 10.4. The minimum Gasteiger partial charge on any atom is -0.0505 e. The zero-order valence-electron chi connectivity index (χ0n) is 5.70. The molecule has 0 spiro atoms. The maximum Gasteiger partial charge on any atom is 0.0360 e. The summed E-state index contributed by atoms with van der Waals surface area (Å²) in [4.78, 5) is 0. The van der Waals surface area contributed by atoms with Crippen molar-refractivity contribution >= 4 is 47.8 Å². The summed E-state index contributed by atoms with van der Waals surface area (Å²) in [5.41, 5.74) is 1.19. The highest BCUT2D eigenvalue weighted by molar-refractivity contribution is 9.13. The minimum atomic E-state index is 0.778. The highest BCUT2D eigenvalue weighted by Gasteiger charge is 2.05. The van der Waals surface area contributed by atoms with Gasteiger partial charge in [-0.1, -0.05) is 15.9 Å². The van der Waals surface area contributed by atoms with Crippen LogP contribution in [0.15, 0.2) is 25.6 Å². The zero-order chi connectivity index (χ0) is 8.43. The molecule has 0 unspecified atom stereocenters. The van der Waals surface area contributed by atoms with Gasteiger partial charge in [0.25, 0.3) is 0 Å². The second-order valence-electron chi connectivity index (χ2n) is 2.07. The van der Waals surface area contributed by atoms with Gasteiger partial charge in [-0.2, -0.15) is 0 Å². The average molecular weight is 342 g/mol. The van der Waals surface area contributed by atoms with Gasteiger partial charge in [-0.15, -0.1) is 0 Å². The molecule has 0 bridgehead atoms. The van der Waals surface area contributed by atoms with Gasteiger partial charge >= 0.3 is 0 Å². The van der Waals surface area contributed by atoms with Gasteiger partial charge in [-0.3, -0.25) is 0 Å². The highest BCUT2D eigenvalue weighted by atomic mass is 79.9. The van der Waals surface area contributed by atoms with Crippen molar-refractivity contribution in [3.05, 3.63) is 38.0 Å². The predicted octanol–water partition coefficient (Wildman–Crippen LogP) is 4.35. The van der Waals surface area contributed by atoms with Crippen LogP contribution in [0.5, 0.6) is 0 Å². The lowest BCUT2D eigenvalue weighted by atomic mass is 10.2. The Balaban J connectivity index is 3.29. The number of rotatable bonds is 1. The SMILES string of the molecule is [CH2]Cc1c(Br)ccc(Br)c1Br. The van der Waals surface area contributed by atoms with E-state index in [1.165, 1.54) is 5.56 Å². The van der Waals surface area contributed by atoms with E-state index < -0.39 is 0 Å². The highest BCUT2D eigenvalue weighted by Crippen LogP contribution is 2.32. The number of hydrogen-bond donors (Lipinski definition) is 0. The van der Waals surface area contributed by atoms with E-state index in [-0.39, 0.29) is 0 Å². The molecule has 0 saturated heterocycles. The molecule has 1 aromatic carbocycles. The molecule has 1 rings (SSSR count). The van der Waals surface area contributed by atoms with Crippen LogP contribution < -0.4 is 0 Å². The fraction of sp³-hybridized carbons (Fsp3) is 0.125. The number of halogens is 3. The quantitative estimate of drug-likeness (QED) is 0.666. The number of hydrogen-bond acceptors (Lipinski definition) is 0. The average Bonchev–Trinajstić information content (AvgIpc) is 1.99. The Bertz CT molecular complexity index is 268. The Labute approximate surface area is 91.8 Å². The van der Waals surface area contributed by atoms with E-state index in [2.05, 4.69) is 54.7 Å².